The van der Waals surface area contributed by atoms with E-state index in [1.165, 1.54) is 18.2 Å². The van der Waals surface area contributed by atoms with Crippen molar-refractivity contribution in [3.8, 4) is 33.9 Å². The van der Waals surface area contributed by atoms with Crippen molar-refractivity contribution >= 4 is 11.5 Å². The Hall–Kier alpha value is -3.20. The number of aromatic nitrogens is 1. The third-order valence-electron chi connectivity index (χ3n) is 3.63. The molecule has 0 spiro atoms. The Balaban J connectivity index is 2.28. The van der Waals surface area contributed by atoms with Gasteiger partial charge in [-0.05, 0) is 22.4 Å². The number of hydrogen-bond donors (Lipinski definition) is 5. The zero-order chi connectivity index (χ0) is 17.3. The van der Waals surface area contributed by atoms with Crippen LogP contribution in [-0.4, -0.2) is 20.4 Å². The molecule has 0 saturated heterocycles. The normalized spacial score (nSPS) is 12.1. The number of nitrogens with zero attached hydrogens (tertiary/aromatic N) is 1. The van der Waals surface area contributed by atoms with Gasteiger partial charge in [0.1, 0.15) is 0 Å². The van der Waals surface area contributed by atoms with Crippen LogP contribution in [0.4, 0.5) is 11.5 Å². The van der Waals surface area contributed by atoms with Gasteiger partial charge in [-0.3, -0.25) is 0 Å². The fourth-order valence-electron chi connectivity index (χ4n) is 2.57. The molecule has 0 radical (unpaired) electrons. The first-order valence-electron chi connectivity index (χ1n) is 6.93. The van der Waals surface area contributed by atoms with Crippen LogP contribution in [0.1, 0.15) is 0 Å². The molecule has 3 aromatic rings. The highest BCUT2D eigenvalue weighted by atomic mass is 16.8. The van der Waals surface area contributed by atoms with Gasteiger partial charge in [0, 0.05) is 11.6 Å². The minimum Gasteiger partial charge on any atom is -0.595 e. The summed E-state index contributed by atoms with van der Waals surface area (Å²) in [7, 11) is 0. The molecule has 0 aliphatic heterocycles. The zero-order valence-corrected chi connectivity index (χ0v) is 12.2. The van der Waals surface area contributed by atoms with E-state index in [1.807, 2.05) is 0 Å². The van der Waals surface area contributed by atoms with E-state index in [1.54, 1.807) is 30.3 Å². The number of benzene rings is 2. The first-order chi connectivity index (χ1) is 11.5. The fraction of sp³-hybridized carbons (Fsp3) is 0. The molecule has 0 aliphatic rings. The lowest BCUT2D eigenvalue weighted by Crippen LogP contribution is -2.99. The van der Waals surface area contributed by atoms with Gasteiger partial charge in [0.15, 0.2) is 17.4 Å². The van der Waals surface area contributed by atoms with Crippen molar-refractivity contribution in [2.45, 2.75) is 0 Å². The summed E-state index contributed by atoms with van der Waals surface area (Å²) in [6.45, 7) is 0. The lowest BCUT2D eigenvalue weighted by Gasteiger charge is -2.14. The standard InChI is InChI=1S/C16H13N3O5/c20-12-7-6-10(8-11(12)19(23)24)13-14(9-4-2-1-3-5-9)16(21)17-15(13)18-22/h1-8,17,19-21,23H. The largest absolute Gasteiger partial charge is 0.595 e. The van der Waals surface area contributed by atoms with Crippen molar-refractivity contribution in [3.05, 3.63) is 58.6 Å². The number of aromatic amines is 1. The van der Waals surface area contributed by atoms with Crippen LogP contribution in [0.2, 0.25) is 0 Å². The number of hydrogen-bond acceptors (Lipinski definition) is 6. The second kappa shape index (κ2) is 6.13. The molecule has 8 nitrogen and oxygen atoms in total. The van der Waals surface area contributed by atoms with Crippen molar-refractivity contribution in [1.82, 2.24) is 4.98 Å². The van der Waals surface area contributed by atoms with Crippen LogP contribution in [0.25, 0.3) is 22.3 Å². The number of H-pyrrole nitrogens is 1. The second-order valence-electron chi connectivity index (χ2n) is 5.07. The first-order valence-corrected chi connectivity index (χ1v) is 6.93. The smallest absolute Gasteiger partial charge is 0.206 e. The van der Waals surface area contributed by atoms with Gasteiger partial charge >= 0.3 is 0 Å². The molecule has 1 unspecified atom stereocenters. The van der Waals surface area contributed by atoms with Gasteiger partial charge in [-0.1, -0.05) is 36.4 Å². The lowest BCUT2D eigenvalue weighted by atomic mass is 9.97. The SMILES string of the molecule is O=Nc1[nH]c(O)c(-c2ccccc2)c1-c1ccc(O)c([NH+]([O-])O)c1. The Labute approximate surface area is 135 Å². The van der Waals surface area contributed by atoms with Gasteiger partial charge in [0.05, 0.1) is 5.56 Å². The minimum atomic E-state index is -1.31. The van der Waals surface area contributed by atoms with Crippen molar-refractivity contribution < 1.29 is 20.6 Å². The summed E-state index contributed by atoms with van der Waals surface area (Å²) in [6, 6.07) is 12.7. The maximum Gasteiger partial charge on any atom is 0.206 e. The molecule has 1 aromatic heterocycles. The van der Waals surface area contributed by atoms with Crippen molar-refractivity contribution in [2.24, 2.45) is 5.18 Å². The molecule has 0 amide bonds. The Morgan fingerprint density at radius 3 is 2.33 bits per heavy atom. The zero-order valence-electron chi connectivity index (χ0n) is 12.2. The summed E-state index contributed by atoms with van der Waals surface area (Å²) in [6.07, 6.45) is 0. The number of nitrogens with one attached hydrogen (secondary N) is 2. The quantitative estimate of drug-likeness (QED) is 0.285. The highest BCUT2D eigenvalue weighted by Gasteiger charge is 2.22. The average Bonchev–Trinajstić information content (AvgIpc) is 2.92. The van der Waals surface area contributed by atoms with Crippen LogP contribution in [0.5, 0.6) is 11.6 Å². The maximum absolute atomic E-state index is 11.2. The Bertz CT molecular complexity index is 890. The van der Waals surface area contributed by atoms with E-state index in [9.17, 15) is 20.3 Å². The summed E-state index contributed by atoms with van der Waals surface area (Å²) in [5, 5.41) is 41.8. The van der Waals surface area contributed by atoms with Crippen LogP contribution in [-0.2, 0) is 0 Å². The predicted octanol–water partition coefficient (Wildman–Crippen LogP) is 2.56. The summed E-state index contributed by atoms with van der Waals surface area (Å²) in [5.41, 5.74) is 1.23. The summed E-state index contributed by atoms with van der Waals surface area (Å²) >= 11 is 0. The van der Waals surface area contributed by atoms with Gasteiger partial charge in [0.25, 0.3) is 0 Å². The average molecular weight is 327 g/mol. The molecule has 0 aliphatic carbocycles. The third-order valence-corrected chi connectivity index (χ3v) is 3.63. The Morgan fingerprint density at radius 1 is 1.00 bits per heavy atom. The van der Waals surface area contributed by atoms with Gasteiger partial charge in [0.2, 0.25) is 5.69 Å². The second-order valence-corrected chi connectivity index (χ2v) is 5.07. The minimum absolute atomic E-state index is 0.131. The Morgan fingerprint density at radius 2 is 1.71 bits per heavy atom. The molecule has 2 aromatic carbocycles. The molecule has 0 bridgehead atoms. The molecule has 1 heterocycles. The third kappa shape index (κ3) is 2.61. The van der Waals surface area contributed by atoms with Crippen LogP contribution < -0.4 is 5.23 Å². The predicted molar refractivity (Wildman–Crippen MR) is 86.2 cm³/mol. The molecule has 122 valence electrons. The molecule has 8 heteroatoms. The molecular weight excluding hydrogens is 314 g/mol. The lowest BCUT2D eigenvalue weighted by molar-refractivity contribution is -0.991. The van der Waals surface area contributed by atoms with Crippen LogP contribution in [0.15, 0.2) is 53.7 Å². The number of quaternary nitrogens is 1. The van der Waals surface area contributed by atoms with E-state index < -0.39 is 11.0 Å². The maximum atomic E-state index is 11.2. The van der Waals surface area contributed by atoms with Crippen molar-refractivity contribution in [3.63, 3.8) is 0 Å². The molecule has 5 N–H and O–H groups in total. The number of rotatable bonds is 4. The monoisotopic (exact) mass is 327 g/mol. The van der Waals surface area contributed by atoms with E-state index in [0.29, 0.717) is 16.7 Å². The molecule has 24 heavy (non-hydrogen) atoms. The fourth-order valence-corrected chi connectivity index (χ4v) is 2.57. The topological polar surface area (TPSA) is 133 Å². The highest BCUT2D eigenvalue weighted by Crippen LogP contribution is 2.45. The van der Waals surface area contributed by atoms with E-state index in [-0.39, 0.29) is 22.9 Å². The Kier molecular flexibility index (Phi) is 4.00. The number of phenolic OH excluding ortho intramolecular Hbond substituents is 1. The number of nitroso groups, excluding NO2 is 1. The summed E-state index contributed by atoms with van der Waals surface area (Å²) in [4.78, 5) is 13.6. The molecule has 0 fully saturated rings. The van der Waals surface area contributed by atoms with E-state index >= 15 is 0 Å². The van der Waals surface area contributed by atoms with Gasteiger partial charge in [-0.15, -0.1) is 4.91 Å². The first kappa shape index (κ1) is 15.7. The molecule has 3 rings (SSSR count). The number of aromatic hydroxyl groups is 2. The summed E-state index contributed by atoms with van der Waals surface area (Å²) in [5.74, 6) is -0.781. The van der Waals surface area contributed by atoms with E-state index in [0.717, 1.165) is 0 Å². The summed E-state index contributed by atoms with van der Waals surface area (Å²) < 4.78 is 0. The molecular formula is C16H13N3O5. The van der Waals surface area contributed by atoms with Crippen LogP contribution in [0, 0.1) is 10.1 Å². The van der Waals surface area contributed by atoms with Crippen LogP contribution >= 0.6 is 0 Å². The van der Waals surface area contributed by atoms with Gasteiger partial charge in [-0.2, -0.15) is 5.23 Å². The van der Waals surface area contributed by atoms with Gasteiger partial charge < -0.3 is 20.4 Å². The highest BCUT2D eigenvalue weighted by molar-refractivity contribution is 5.94. The molecule has 0 saturated carbocycles. The number of phenols is 1. The van der Waals surface area contributed by atoms with Crippen molar-refractivity contribution in [1.29, 1.82) is 0 Å². The van der Waals surface area contributed by atoms with E-state index in [4.69, 9.17) is 5.21 Å². The van der Waals surface area contributed by atoms with E-state index in [2.05, 4.69) is 10.2 Å². The van der Waals surface area contributed by atoms with Crippen molar-refractivity contribution in [2.75, 3.05) is 0 Å². The van der Waals surface area contributed by atoms with Gasteiger partial charge in [-0.25, -0.2) is 5.21 Å². The molecule has 1 atom stereocenters. The van der Waals surface area contributed by atoms with Crippen LogP contribution in [0.3, 0.4) is 0 Å².